The lowest BCUT2D eigenvalue weighted by atomic mass is 10.0. The summed E-state index contributed by atoms with van der Waals surface area (Å²) >= 11 is 3.65. The highest BCUT2D eigenvalue weighted by atomic mass is 79.9. The highest BCUT2D eigenvalue weighted by molar-refractivity contribution is 9.10. The van der Waals surface area contributed by atoms with Crippen molar-refractivity contribution in [2.24, 2.45) is 0 Å². The van der Waals surface area contributed by atoms with Crippen LogP contribution in [0.1, 0.15) is 51.1 Å². The Hall–Kier alpha value is -0.350. The summed E-state index contributed by atoms with van der Waals surface area (Å²) in [5.41, 5.74) is 1.41. The van der Waals surface area contributed by atoms with Gasteiger partial charge < -0.3 is 5.32 Å². The van der Waals surface area contributed by atoms with Gasteiger partial charge in [-0.05, 0) is 48.2 Å². The molecule has 0 aliphatic heterocycles. The molecule has 1 heterocycles. The van der Waals surface area contributed by atoms with Gasteiger partial charge >= 0.3 is 0 Å². The molecule has 0 radical (unpaired) electrons. The van der Waals surface area contributed by atoms with Crippen molar-refractivity contribution >= 4 is 15.9 Å². The van der Waals surface area contributed by atoms with Crippen molar-refractivity contribution in [2.45, 2.75) is 58.0 Å². The number of nitrogens with zero attached hydrogens (tertiary/aromatic N) is 2. The predicted octanol–water partition coefficient (Wildman–Crippen LogP) is 3.30. The molecule has 0 amide bonds. The van der Waals surface area contributed by atoms with Gasteiger partial charge in [0, 0.05) is 18.5 Å². The van der Waals surface area contributed by atoms with E-state index in [0.717, 1.165) is 19.5 Å². The Morgan fingerprint density at radius 2 is 2.29 bits per heavy atom. The van der Waals surface area contributed by atoms with Gasteiger partial charge in [0.2, 0.25) is 0 Å². The molecule has 2 atom stereocenters. The second-order valence-electron chi connectivity index (χ2n) is 4.87. The van der Waals surface area contributed by atoms with Gasteiger partial charge in [-0.2, -0.15) is 5.10 Å². The van der Waals surface area contributed by atoms with Crippen LogP contribution in [0.2, 0.25) is 0 Å². The zero-order chi connectivity index (χ0) is 12.3. The average Bonchev–Trinajstić information content (AvgIpc) is 2.87. The fraction of sp³-hybridized carbons (Fsp3) is 0.769. The third kappa shape index (κ3) is 2.91. The predicted molar refractivity (Wildman–Crippen MR) is 74.3 cm³/mol. The van der Waals surface area contributed by atoms with Crippen LogP contribution >= 0.6 is 15.9 Å². The smallest absolute Gasteiger partial charge is 0.0635 e. The molecule has 2 rings (SSSR count). The largest absolute Gasteiger partial charge is 0.314 e. The molecule has 1 aliphatic carbocycles. The summed E-state index contributed by atoms with van der Waals surface area (Å²) < 4.78 is 3.37. The highest BCUT2D eigenvalue weighted by Gasteiger charge is 2.29. The molecule has 1 fully saturated rings. The fourth-order valence-electron chi connectivity index (χ4n) is 2.87. The number of rotatable bonds is 5. The van der Waals surface area contributed by atoms with Crippen molar-refractivity contribution < 1.29 is 0 Å². The van der Waals surface area contributed by atoms with Crippen LogP contribution in [-0.4, -0.2) is 22.4 Å². The Balaban J connectivity index is 2.09. The Morgan fingerprint density at radius 3 is 3.00 bits per heavy atom. The van der Waals surface area contributed by atoms with Gasteiger partial charge in [-0.1, -0.05) is 13.8 Å². The SMILES string of the molecule is CCCn1ncc(Br)c1C1CCC(NCC)C1. The molecular formula is C13H22BrN3. The third-order valence-electron chi connectivity index (χ3n) is 3.58. The minimum absolute atomic E-state index is 0.669. The van der Waals surface area contributed by atoms with Crippen LogP contribution in [0.3, 0.4) is 0 Å². The van der Waals surface area contributed by atoms with Crippen molar-refractivity contribution in [1.82, 2.24) is 15.1 Å². The molecular weight excluding hydrogens is 278 g/mol. The van der Waals surface area contributed by atoms with E-state index in [2.05, 4.69) is 44.9 Å². The maximum atomic E-state index is 4.47. The molecule has 0 saturated heterocycles. The topological polar surface area (TPSA) is 29.9 Å². The third-order valence-corrected chi connectivity index (χ3v) is 4.19. The number of aromatic nitrogens is 2. The number of halogens is 1. The van der Waals surface area contributed by atoms with E-state index in [1.165, 1.54) is 29.4 Å². The summed E-state index contributed by atoms with van der Waals surface area (Å²) in [7, 11) is 0. The molecule has 96 valence electrons. The van der Waals surface area contributed by atoms with Gasteiger partial charge in [-0.3, -0.25) is 4.68 Å². The van der Waals surface area contributed by atoms with Crippen LogP contribution in [0.15, 0.2) is 10.7 Å². The summed E-state index contributed by atoms with van der Waals surface area (Å²) in [6, 6.07) is 0.696. The summed E-state index contributed by atoms with van der Waals surface area (Å²) in [5.74, 6) is 0.669. The minimum Gasteiger partial charge on any atom is -0.314 e. The molecule has 1 N–H and O–H groups in total. The van der Waals surface area contributed by atoms with E-state index in [1.54, 1.807) is 0 Å². The first-order valence-corrected chi connectivity index (χ1v) is 7.50. The van der Waals surface area contributed by atoms with Crippen LogP contribution in [0, 0.1) is 0 Å². The van der Waals surface area contributed by atoms with Crippen molar-refractivity contribution in [3.63, 3.8) is 0 Å². The molecule has 1 aliphatic rings. The van der Waals surface area contributed by atoms with E-state index in [0.29, 0.717) is 12.0 Å². The summed E-state index contributed by atoms with van der Waals surface area (Å²) in [5, 5.41) is 8.03. The van der Waals surface area contributed by atoms with Crippen LogP contribution in [0.4, 0.5) is 0 Å². The monoisotopic (exact) mass is 299 g/mol. The zero-order valence-corrected chi connectivity index (χ0v) is 12.3. The summed E-state index contributed by atoms with van der Waals surface area (Å²) in [6.45, 7) is 6.50. The lowest BCUT2D eigenvalue weighted by Crippen LogP contribution is -2.25. The molecule has 0 aromatic carbocycles. The first-order valence-electron chi connectivity index (χ1n) is 6.70. The van der Waals surface area contributed by atoms with Crippen molar-refractivity contribution in [1.29, 1.82) is 0 Å². The standard InChI is InChI=1S/C13H22BrN3/c1-3-7-17-13(12(14)9-16-17)10-5-6-11(8-10)15-4-2/h9-11,15H,3-8H2,1-2H3. The van der Waals surface area contributed by atoms with Crippen molar-refractivity contribution in [3.8, 4) is 0 Å². The van der Waals surface area contributed by atoms with Gasteiger partial charge in [-0.15, -0.1) is 0 Å². The van der Waals surface area contributed by atoms with E-state index in [-0.39, 0.29) is 0 Å². The summed E-state index contributed by atoms with van der Waals surface area (Å²) in [6.07, 6.45) is 6.92. The van der Waals surface area contributed by atoms with E-state index < -0.39 is 0 Å². The Labute approximate surface area is 112 Å². The van der Waals surface area contributed by atoms with Crippen molar-refractivity contribution in [3.05, 3.63) is 16.4 Å². The first kappa shape index (κ1) is 13.1. The van der Waals surface area contributed by atoms with E-state index in [1.807, 2.05) is 6.20 Å². The molecule has 1 aromatic rings. The van der Waals surface area contributed by atoms with Gasteiger partial charge in [0.25, 0.3) is 0 Å². The van der Waals surface area contributed by atoms with Crippen LogP contribution in [0.25, 0.3) is 0 Å². The van der Waals surface area contributed by atoms with Crippen LogP contribution in [0.5, 0.6) is 0 Å². The molecule has 3 nitrogen and oxygen atoms in total. The Kier molecular flexibility index (Phi) is 4.62. The lowest BCUT2D eigenvalue weighted by molar-refractivity contribution is 0.510. The van der Waals surface area contributed by atoms with Crippen LogP contribution < -0.4 is 5.32 Å². The molecule has 4 heteroatoms. The van der Waals surface area contributed by atoms with E-state index in [9.17, 15) is 0 Å². The van der Waals surface area contributed by atoms with Gasteiger partial charge in [0.15, 0.2) is 0 Å². The molecule has 0 spiro atoms. The molecule has 1 aromatic heterocycles. The number of hydrogen-bond donors (Lipinski definition) is 1. The van der Waals surface area contributed by atoms with E-state index in [4.69, 9.17) is 0 Å². The fourth-order valence-corrected chi connectivity index (χ4v) is 3.49. The van der Waals surface area contributed by atoms with Crippen LogP contribution in [-0.2, 0) is 6.54 Å². The maximum absolute atomic E-state index is 4.47. The molecule has 1 saturated carbocycles. The second kappa shape index (κ2) is 6.01. The molecule has 2 unspecified atom stereocenters. The Morgan fingerprint density at radius 1 is 1.47 bits per heavy atom. The number of hydrogen-bond acceptors (Lipinski definition) is 2. The van der Waals surface area contributed by atoms with Gasteiger partial charge in [0.05, 0.1) is 16.4 Å². The normalized spacial score (nSPS) is 24.4. The maximum Gasteiger partial charge on any atom is 0.0635 e. The summed E-state index contributed by atoms with van der Waals surface area (Å²) in [4.78, 5) is 0. The number of aryl methyl sites for hydroxylation is 1. The molecule has 0 bridgehead atoms. The minimum atomic E-state index is 0.669. The Bertz CT molecular complexity index is 362. The second-order valence-corrected chi connectivity index (χ2v) is 5.72. The first-order chi connectivity index (χ1) is 8.26. The zero-order valence-electron chi connectivity index (χ0n) is 10.7. The van der Waals surface area contributed by atoms with Crippen molar-refractivity contribution in [2.75, 3.05) is 6.54 Å². The highest BCUT2D eigenvalue weighted by Crippen LogP contribution is 2.37. The molecule has 17 heavy (non-hydrogen) atoms. The lowest BCUT2D eigenvalue weighted by Gasteiger charge is -2.14. The number of nitrogens with one attached hydrogen (secondary N) is 1. The quantitative estimate of drug-likeness (QED) is 0.904. The van der Waals surface area contributed by atoms with Gasteiger partial charge in [0.1, 0.15) is 0 Å². The average molecular weight is 300 g/mol. The van der Waals surface area contributed by atoms with Gasteiger partial charge in [-0.25, -0.2) is 0 Å². The van der Waals surface area contributed by atoms with E-state index >= 15 is 0 Å².